The van der Waals surface area contributed by atoms with Crippen LogP contribution in [0, 0.1) is 0 Å². The maximum Gasteiger partial charge on any atom is 0.128 e. The van der Waals surface area contributed by atoms with E-state index < -0.39 is 0 Å². The van der Waals surface area contributed by atoms with Crippen molar-refractivity contribution in [1.82, 2.24) is 10.6 Å². The number of halogens is 1. The minimum Gasteiger partial charge on any atom is -0.371 e. The average molecular weight is 385 g/mol. The van der Waals surface area contributed by atoms with Crippen molar-refractivity contribution in [2.24, 2.45) is 4.99 Å². The maximum absolute atomic E-state index is 4.96. The first-order valence-electron chi connectivity index (χ1n) is 8.41. The summed E-state index contributed by atoms with van der Waals surface area (Å²) < 4.78 is 1.10. The van der Waals surface area contributed by atoms with Crippen LogP contribution in [0.4, 0.5) is 11.4 Å². The van der Waals surface area contributed by atoms with E-state index in [1.165, 1.54) is 5.56 Å². The SMILES string of the molecule is Brc1ccc(CNC2=Nc3ccccc3NC23CCNCC3)cc1. The molecule has 0 bridgehead atoms. The Bertz CT molecular complexity index is 748. The lowest BCUT2D eigenvalue weighted by molar-refractivity contribution is 0.412. The molecule has 1 fully saturated rings. The summed E-state index contributed by atoms with van der Waals surface area (Å²) in [7, 11) is 0. The molecule has 124 valence electrons. The topological polar surface area (TPSA) is 48.5 Å². The number of piperidine rings is 1. The van der Waals surface area contributed by atoms with E-state index in [1.54, 1.807) is 0 Å². The van der Waals surface area contributed by atoms with E-state index >= 15 is 0 Å². The van der Waals surface area contributed by atoms with E-state index in [9.17, 15) is 0 Å². The highest BCUT2D eigenvalue weighted by molar-refractivity contribution is 9.10. The number of benzene rings is 2. The fraction of sp³-hybridized carbons (Fsp3) is 0.316. The van der Waals surface area contributed by atoms with Crippen LogP contribution in [0.1, 0.15) is 18.4 Å². The van der Waals surface area contributed by atoms with Crippen molar-refractivity contribution in [3.63, 3.8) is 0 Å². The predicted molar refractivity (Wildman–Crippen MR) is 103 cm³/mol. The highest BCUT2D eigenvalue weighted by Gasteiger charge is 2.40. The zero-order chi connectivity index (χ0) is 16.4. The number of para-hydroxylation sites is 2. The van der Waals surface area contributed by atoms with Gasteiger partial charge in [0, 0.05) is 11.0 Å². The molecule has 2 aliphatic rings. The molecule has 0 aliphatic carbocycles. The number of aliphatic imine (C=N–C) groups is 1. The quantitative estimate of drug-likeness (QED) is 0.737. The van der Waals surface area contributed by atoms with Gasteiger partial charge in [-0.3, -0.25) is 0 Å². The normalized spacial score (nSPS) is 18.5. The molecule has 4 rings (SSSR count). The monoisotopic (exact) mass is 384 g/mol. The van der Waals surface area contributed by atoms with Crippen LogP contribution in [0.3, 0.4) is 0 Å². The van der Waals surface area contributed by atoms with Crippen molar-refractivity contribution in [2.75, 3.05) is 18.4 Å². The Balaban J connectivity index is 1.61. The van der Waals surface area contributed by atoms with Gasteiger partial charge in [0.25, 0.3) is 0 Å². The van der Waals surface area contributed by atoms with Crippen molar-refractivity contribution in [3.8, 4) is 0 Å². The van der Waals surface area contributed by atoms with Crippen LogP contribution >= 0.6 is 15.9 Å². The van der Waals surface area contributed by atoms with Crippen molar-refractivity contribution in [2.45, 2.75) is 24.9 Å². The third-order valence-corrected chi connectivity index (χ3v) is 5.32. The second-order valence-electron chi connectivity index (χ2n) is 6.41. The van der Waals surface area contributed by atoms with Gasteiger partial charge in [-0.15, -0.1) is 0 Å². The van der Waals surface area contributed by atoms with Gasteiger partial charge in [-0.25, -0.2) is 4.99 Å². The molecule has 24 heavy (non-hydrogen) atoms. The summed E-state index contributed by atoms with van der Waals surface area (Å²) in [5.41, 5.74) is 3.31. The Labute approximate surface area is 150 Å². The Kier molecular flexibility index (Phi) is 4.29. The fourth-order valence-corrected chi connectivity index (χ4v) is 3.70. The largest absolute Gasteiger partial charge is 0.371 e. The molecular weight excluding hydrogens is 364 g/mol. The van der Waals surface area contributed by atoms with Crippen LogP contribution in [-0.2, 0) is 6.54 Å². The molecule has 0 saturated carbocycles. The average Bonchev–Trinajstić information content (AvgIpc) is 2.62. The standard InChI is InChI=1S/C19H21BrN4/c20-15-7-5-14(6-8-15)13-22-18-19(9-11-21-12-10-19)24-17-4-2-1-3-16(17)23-18/h1-8,21,24H,9-13H2,(H,22,23). The van der Waals surface area contributed by atoms with Crippen molar-refractivity contribution < 1.29 is 0 Å². The molecule has 0 atom stereocenters. The first-order chi connectivity index (χ1) is 11.8. The van der Waals surface area contributed by atoms with Crippen molar-refractivity contribution >= 4 is 33.1 Å². The molecule has 2 aromatic carbocycles. The van der Waals surface area contributed by atoms with Gasteiger partial charge in [0.2, 0.25) is 0 Å². The molecule has 0 radical (unpaired) electrons. The van der Waals surface area contributed by atoms with Gasteiger partial charge in [-0.05, 0) is 55.8 Å². The third kappa shape index (κ3) is 3.06. The third-order valence-electron chi connectivity index (χ3n) is 4.79. The van der Waals surface area contributed by atoms with Crippen molar-refractivity contribution in [1.29, 1.82) is 0 Å². The summed E-state index contributed by atoms with van der Waals surface area (Å²) in [6.45, 7) is 2.80. The van der Waals surface area contributed by atoms with Crippen LogP contribution in [0.15, 0.2) is 58.0 Å². The van der Waals surface area contributed by atoms with Gasteiger partial charge < -0.3 is 16.0 Å². The molecule has 5 heteroatoms. The zero-order valence-electron chi connectivity index (χ0n) is 13.5. The fourth-order valence-electron chi connectivity index (χ4n) is 3.43. The van der Waals surface area contributed by atoms with Gasteiger partial charge in [-0.2, -0.15) is 0 Å². The van der Waals surface area contributed by atoms with Crippen LogP contribution in [0.2, 0.25) is 0 Å². The van der Waals surface area contributed by atoms with Gasteiger partial charge in [0.1, 0.15) is 5.84 Å². The molecule has 1 saturated heterocycles. The minimum absolute atomic E-state index is 0.0883. The van der Waals surface area contributed by atoms with Gasteiger partial charge in [0.05, 0.1) is 16.9 Å². The second-order valence-corrected chi connectivity index (χ2v) is 7.33. The van der Waals surface area contributed by atoms with Crippen LogP contribution in [0.5, 0.6) is 0 Å². The summed E-state index contributed by atoms with van der Waals surface area (Å²) in [5.74, 6) is 1.06. The lowest BCUT2D eigenvalue weighted by Crippen LogP contribution is -2.58. The number of fused-ring (bicyclic) bond motifs is 1. The summed E-state index contributed by atoms with van der Waals surface area (Å²) in [4.78, 5) is 4.96. The molecule has 2 aromatic rings. The molecule has 2 heterocycles. The molecular formula is C19H21BrN4. The molecule has 0 aromatic heterocycles. The number of nitrogens with one attached hydrogen (secondary N) is 3. The number of amidine groups is 1. The Morgan fingerprint density at radius 2 is 1.79 bits per heavy atom. The molecule has 1 spiro atoms. The van der Waals surface area contributed by atoms with Gasteiger partial charge in [0.15, 0.2) is 0 Å². The van der Waals surface area contributed by atoms with Crippen LogP contribution < -0.4 is 16.0 Å². The summed E-state index contributed by atoms with van der Waals surface area (Å²) >= 11 is 3.49. The Hall–Kier alpha value is -1.85. The predicted octanol–water partition coefficient (Wildman–Crippen LogP) is 3.82. The smallest absolute Gasteiger partial charge is 0.128 e. The van der Waals surface area contributed by atoms with E-state index in [1.807, 2.05) is 6.07 Å². The van der Waals surface area contributed by atoms with E-state index in [0.29, 0.717) is 0 Å². The molecule has 4 nitrogen and oxygen atoms in total. The van der Waals surface area contributed by atoms with E-state index in [-0.39, 0.29) is 5.54 Å². The Morgan fingerprint density at radius 1 is 1.04 bits per heavy atom. The number of anilines is 1. The molecule has 2 aliphatic heterocycles. The van der Waals surface area contributed by atoms with Gasteiger partial charge in [-0.1, -0.05) is 40.2 Å². The van der Waals surface area contributed by atoms with E-state index in [2.05, 4.69) is 74.3 Å². The summed E-state index contributed by atoms with van der Waals surface area (Å²) in [6.07, 6.45) is 2.07. The summed E-state index contributed by atoms with van der Waals surface area (Å²) in [5, 5.41) is 10.8. The van der Waals surface area contributed by atoms with Crippen LogP contribution in [0.25, 0.3) is 0 Å². The lowest BCUT2D eigenvalue weighted by Gasteiger charge is -2.43. The lowest BCUT2D eigenvalue weighted by atomic mass is 9.85. The number of nitrogens with zero attached hydrogens (tertiary/aromatic N) is 1. The minimum atomic E-state index is -0.0883. The number of hydrogen-bond acceptors (Lipinski definition) is 4. The summed E-state index contributed by atoms with van der Waals surface area (Å²) in [6, 6.07) is 16.7. The van der Waals surface area contributed by atoms with Crippen molar-refractivity contribution in [3.05, 3.63) is 58.6 Å². The maximum atomic E-state index is 4.96. The first-order valence-corrected chi connectivity index (χ1v) is 9.20. The molecule has 0 unspecified atom stereocenters. The highest BCUT2D eigenvalue weighted by atomic mass is 79.9. The van der Waals surface area contributed by atoms with E-state index in [0.717, 1.165) is 54.2 Å². The molecule has 3 N–H and O–H groups in total. The zero-order valence-corrected chi connectivity index (χ0v) is 15.1. The number of rotatable bonds is 2. The first kappa shape index (κ1) is 15.7. The highest BCUT2D eigenvalue weighted by Crippen LogP contribution is 2.36. The van der Waals surface area contributed by atoms with E-state index in [4.69, 9.17) is 4.99 Å². The van der Waals surface area contributed by atoms with Gasteiger partial charge >= 0.3 is 0 Å². The number of hydrogen-bond donors (Lipinski definition) is 3. The van der Waals surface area contributed by atoms with Crippen LogP contribution in [-0.4, -0.2) is 24.5 Å². The molecule has 0 amide bonds. The second kappa shape index (κ2) is 6.57. The Morgan fingerprint density at radius 3 is 2.58 bits per heavy atom.